The highest BCUT2D eigenvalue weighted by atomic mass is 15.2. The maximum atomic E-state index is 5.38. The van der Waals surface area contributed by atoms with Crippen molar-refractivity contribution in [3.05, 3.63) is 139 Å². The first-order chi connectivity index (χ1) is 23.2. The van der Waals surface area contributed by atoms with Gasteiger partial charge in [0, 0.05) is 21.9 Å². The molecule has 11 rings (SSSR count). The second-order valence-electron chi connectivity index (χ2n) is 14.5. The molecular weight excluding hydrogens is 571 g/mol. The van der Waals surface area contributed by atoms with E-state index in [1.165, 1.54) is 60.4 Å². The fourth-order valence-electron chi connectivity index (χ4n) is 10.0. The van der Waals surface area contributed by atoms with Crippen LogP contribution in [0.2, 0.25) is 0 Å². The third-order valence-corrected chi connectivity index (χ3v) is 11.6. The van der Waals surface area contributed by atoms with Crippen LogP contribution < -0.4 is 0 Å². The molecule has 4 bridgehead atoms. The van der Waals surface area contributed by atoms with Gasteiger partial charge < -0.3 is 0 Å². The number of para-hydroxylation sites is 2. The van der Waals surface area contributed by atoms with Gasteiger partial charge in [0.05, 0.1) is 22.4 Å². The van der Waals surface area contributed by atoms with E-state index in [1.54, 1.807) is 5.56 Å². The summed E-state index contributed by atoms with van der Waals surface area (Å²) in [5.41, 5.74) is 10.9. The fraction of sp³-hybridized carbons (Fsp3) is 0.227. The summed E-state index contributed by atoms with van der Waals surface area (Å²) in [5.74, 6) is 3.39. The Bertz CT molecular complexity index is 2190. The molecule has 0 saturated heterocycles. The Hall–Kier alpha value is -5.02. The number of aromatic nitrogens is 3. The van der Waals surface area contributed by atoms with Crippen LogP contribution in [0.3, 0.4) is 0 Å². The van der Waals surface area contributed by atoms with E-state index in [4.69, 9.17) is 9.97 Å². The van der Waals surface area contributed by atoms with Crippen LogP contribution in [-0.2, 0) is 5.41 Å². The second-order valence-corrected chi connectivity index (χ2v) is 14.5. The summed E-state index contributed by atoms with van der Waals surface area (Å²) in [6.07, 6.45) is 8.40. The molecule has 47 heavy (non-hydrogen) atoms. The number of benzene rings is 5. The highest BCUT2D eigenvalue weighted by Gasteiger charge is 2.52. The minimum absolute atomic E-state index is 0.299. The van der Waals surface area contributed by atoms with Gasteiger partial charge in [-0.25, -0.2) is 9.97 Å². The minimum Gasteiger partial charge on any atom is -0.278 e. The second kappa shape index (κ2) is 10.5. The van der Waals surface area contributed by atoms with E-state index in [0.29, 0.717) is 11.4 Å². The number of hydrogen-bond acceptors (Lipinski definition) is 2. The Balaban J connectivity index is 1.20. The Morgan fingerprint density at radius 1 is 0.489 bits per heavy atom. The fourth-order valence-corrected chi connectivity index (χ4v) is 10.0. The molecule has 0 N–H and O–H groups in total. The molecule has 0 atom stereocenters. The summed E-state index contributed by atoms with van der Waals surface area (Å²) in [5, 5.41) is 2.43. The summed E-state index contributed by atoms with van der Waals surface area (Å²) >= 11 is 0. The van der Waals surface area contributed by atoms with E-state index >= 15 is 0 Å². The van der Waals surface area contributed by atoms with Gasteiger partial charge >= 0.3 is 0 Å². The molecule has 4 aliphatic carbocycles. The van der Waals surface area contributed by atoms with E-state index in [9.17, 15) is 0 Å². The SMILES string of the molecule is c1ccc(-c2cc(-c3ccc(C45CC6CC(CC(C6)C4)C5)c(-c4ccccc4)c3)nc(-n3c4ccccc4c4ccccc43)n2)cc1. The van der Waals surface area contributed by atoms with E-state index < -0.39 is 0 Å². The van der Waals surface area contributed by atoms with Crippen LogP contribution in [-0.4, -0.2) is 14.5 Å². The van der Waals surface area contributed by atoms with Crippen LogP contribution in [0.5, 0.6) is 0 Å². The average molecular weight is 608 g/mol. The van der Waals surface area contributed by atoms with Crippen molar-refractivity contribution in [3.63, 3.8) is 0 Å². The van der Waals surface area contributed by atoms with Gasteiger partial charge in [-0.2, -0.15) is 0 Å². The maximum absolute atomic E-state index is 5.38. The molecule has 0 aliphatic heterocycles. The molecule has 4 aliphatic rings. The van der Waals surface area contributed by atoms with Gasteiger partial charge in [-0.1, -0.05) is 109 Å². The minimum atomic E-state index is 0.299. The van der Waals surface area contributed by atoms with E-state index in [2.05, 4.69) is 138 Å². The van der Waals surface area contributed by atoms with Crippen molar-refractivity contribution in [2.45, 2.75) is 43.9 Å². The Kier molecular flexibility index (Phi) is 6.06. The van der Waals surface area contributed by atoms with Crippen molar-refractivity contribution in [2.24, 2.45) is 17.8 Å². The van der Waals surface area contributed by atoms with Gasteiger partial charge in [0.25, 0.3) is 0 Å². The number of hydrogen-bond donors (Lipinski definition) is 0. The predicted octanol–water partition coefficient (Wildman–Crippen LogP) is 11.0. The highest BCUT2D eigenvalue weighted by molar-refractivity contribution is 6.09. The van der Waals surface area contributed by atoms with Gasteiger partial charge in [0.2, 0.25) is 5.95 Å². The zero-order valence-electron chi connectivity index (χ0n) is 26.5. The molecule has 0 spiro atoms. The lowest BCUT2D eigenvalue weighted by molar-refractivity contribution is -0.00491. The Morgan fingerprint density at radius 3 is 1.60 bits per heavy atom. The summed E-state index contributed by atoms with van der Waals surface area (Å²) in [4.78, 5) is 10.6. The van der Waals surface area contributed by atoms with Crippen LogP contribution in [0.15, 0.2) is 133 Å². The molecule has 0 unspecified atom stereocenters. The molecule has 3 heteroatoms. The lowest BCUT2D eigenvalue weighted by atomic mass is 9.47. The van der Waals surface area contributed by atoms with Crippen molar-refractivity contribution in [2.75, 3.05) is 0 Å². The molecule has 0 amide bonds. The van der Waals surface area contributed by atoms with Crippen LogP contribution in [0.25, 0.3) is 61.4 Å². The zero-order chi connectivity index (χ0) is 31.0. The van der Waals surface area contributed by atoms with Crippen molar-refractivity contribution in [1.29, 1.82) is 0 Å². The topological polar surface area (TPSA) is 30.7 Å². The standard InChI is InChI=1S/C44H37N3/c1-3-11-32(12-4-1)37-24-34(19-20-38(37)44-26-29-21-30(27-44)23-31(22-29)28-44)40-25-39(33-13-5-2-6-14-33)45-43(46-40)47-41-17-9-7-15-35(41)36-16-8-10-18-42(36)47/h1-20,24-25,29-31H,21-23,26-28H2. The Morgan fingerprint density at radius 2 is 1.00 bits per heavy atom. The monoisotopic (exact) mass is 607 g/mol. The van der Waals surface area contributed by atoms with Crippen LogP contribution in [0, 0.1) is 17.8 Å². The maximum Gasteiger partial charge on any atom is 0.235 e. The molecule has 2 heterocycles. The summed E-state index contributed by atoms with van der Waals surface area (Å²) in [6, 6.07) is 48.3. The molecule has 4 saturated carbocycles. The van der Waals surface area contributed by atoms with E-state index in [-0.39, 0.29) is 0 Å². The van der Waals surface area contributed by atoms with Crippen molar-refractivity contribution in [1.82, 2.24) is 14.5 Å². The quantitative estimate of drug-likeness (QED) is 0.195. The van der Waals surface area contributed by atoms with Gasteiger partial charge in [-0.05, 0) is 103 Å². The molecule has 228 valence electrons. The average Bonchev–Trinajstić information content (AvgIpc) is 3.46. The van der Waals surface area contributed by atoms with E-state index in [0.717, 1.165) is 51.3 Å². The third-order valence-electron chi connectivity index (χ3n) is 11.6. The van der Waals surface area contributed by atoms with Gasteiger partial charge in [0.15, 0.2) is 0 Å². The first-order valence-corrected chi connectivity index (χ1v) is 17.3. The molecule has 3 nitrogen and oxygen atoms in total. The first kappa shape index (κ1) is 27.1. The lowest BCUT2D eigenvalue weighted by Crippen LogP contribution is -2.48. The Labute approximate surface area is 276 Å². The van der Waals surface area contributed by atoms with Crippen molar-refractivity contribution in [3.8, 4) is 39.6 Å². The zero-order valence-corrected chi connectivity index (χ0v) is 26.5. The molecule has 0 radical (unpaired) electrons. The summed E-state index contributed by atoms with van der Waals surface area (Å²) in [7, 11) is 0. The van der Waals surface area contributed by atoms with Crippen LogP contribution in [0.4, 0.5) is 0 Å². The number of fused-ring (bicyclic) bond motifs is 3. The molecule has 2 aromatic heterocycles. The van der Waals surface area contributed by atoms with E-state index in [1.807, 2.05) is 0 Å². The van der Waals surface area contributed by atoms with Crippen LogP contribution >= 0.6 is 0 Å². The highest BCUT2D eigenvalue weighted by Crippen LogP contribution is 2.62. The van der Waals surface area contributed by atoms with Crippen molar-refractivity contribution >= 4 is 21.8 Å². The van der Waals surface area contributed by atoms with Gasteiger partial charge in [-0.15, -0.1) is 0 Å². The van der Waals surface area contributed by atoms with Crippen LogP contribution in [0.1, 0.15) is 44.1 Å². The molecule has 5 aromatic carbocycles. The normalized spacial score (nSPS) is 23.1. The van der Waals surface area contributed by atoms with Crippen molar-refractivity contribution < 1.29 is 0 Å². The largest absolute Gasteiger partial charge is 0.278 e. The van der Waals surface area contributed by atoms with Gasteiger partial charge in [0.1, 0.15) is 0 Å². The van der Waals surface area contributed by atoms with Gasteiger partial charge in [-0.3, -0.25) is 4.57 Å². The molecule has 7 aromatic rings. The number of nitrogens with zero attached hydrogens (tertiary/aromatic N) is 3. The lowest BCUT2D eigenvalue weighted by Gasteiger charge is -2.57. The molecular formula is C44H37N3. The summed E-state index contributed by atoms with van der Waals surface area (Å²) < 4.78 is 2.24. The summed E-state index contributed by atoms with van der Waals surface area (Å²) in [6.45, 7) is 0. The number of rotatable bonds is 5. The first-order valence-electron chi connectivity index (χ1n) is 17.3. The molecule has 4 fully saturated rings. The smallest absolute Gasteiger partial charge is 0.235 e. The predicted molar refractivity (Wildman–Crippen MR) is 193 cm³/mol. The third kappa shape index (κ3) is 4.40.